The lowest BCUT2D eigenvalue weighted by Crippen LogP contribution is -2.43. The standard InChI is InChI=1S/C13H24N2O/c1-15-9-5-8-12(15)13(16)14-10-11-6-3-2-4-7-11/h11-12H,2-10H2,1H3,(H,14,16)/t12-/m0/s1. The summed E-state index contributed by atoms with van der Waals surface area (Å²) < 4.78 is 0. The fourth-order valence-corrected chi connectivity index (χ4v) is 3.00. The van der Waals surface area contributed by atoms with Gasteiger partial charge in [0, 0.05) is 6.54 Å². The molecule has 0 aromatic rings. The number of carbonyl (C=O) groups is 1. The zero-order valence-electron chi connectivity index (χ0n) is 10.4. The minimum atomic E-state index is 0.142. The highest BCUT2D eigenvalue weighted by molar-refractivity contribution is 5.81. The van der Waals surface area contributed by atoms with E-state index < -0.39 is 0 Å². The van der Waals surface area contributed by atoms with Crippen molar-refractivity contribution in [2.45, 2.75) is 51.0 Å². The summed E-state index contributed by atoms with van der Waals surface area (Å²) in [6, 6.07) is 0.142. The Morgan fingerprint density at radius 2 is 1.94 bits per heavy atom. The molecule has 3 heteroatoms. The highest BCUT2D eigenvalue weighted by atomic mass is 16.2. The minimum absolute atomic E-state index is 0.142. The number of rotatable bonds is 3. The Bertz CT molecular complexity index is 236. The van der Waals surface area contributed by atoms with Crippen molar-refractivity contribution in [3.63, 3.8) is 0 Å². The van der Waals surface area contributed by atoms with Crippen molar-refractivity contribution in [1.29, 1.82) is 0 Å². The fraction of sp³-hybridized carbons (Fsp3) is 0.923. The summed E-state index contributed by atoms with van der Waals surface area (Å²) in [6.07, 6.45) is 8.90. The van der Waals surface area contributed by atoms with Crippen LogP contribution in [0.25, 0.3) is 0 Å². The highest BCUT2D eigenvalue weighted by Crippen LogP contribution is 2.23. The molecule has 0 spiro atoms. The van der Waals surface area contributed by atoms with Gasteiger partial charge in [0.25, 0.3) is 0 Å². The zero-order chi connectivity index (χ0) is 11.4. The number of nitrogens with one attached hydrogen (secondary N) is 1. The maximum Gasteiger partial charge on any atom is 0.237 e. The van der Waals surface area contributed by atoms with Gasteiger partial charge >= 0.3 is 0 Å². The summed E-state index contributed by atoms with van der Waals surface area (Å²) in [6.45, 7) is 1.98. The van der Waals surface area contributed by atoms with Crippen molar-refractivity contribution in [3.05, 3.63) is 0 Å². The molecule has 1 saturated carbocycles. The predicted molar refractivity (Wildman–Crippen MR) is 65.2 cm³/mol. The van der Waals surface area contributed by atoms with E-state index in [1.54, 1.807) is 0 Å². The second kappa shape index (κ2) is 5.67. The number of hydrogen-bond donors (Lipinski definition) is 1. The van der Waals surface area contributed by atoms with E-state index in [0.717, 1.165) is 31.8 Å². The zero-order valence-corrected chi connectivity index (χ0v) is 10.4. The monoisotopic (exact) mass is 224 g/mol. The average molecular weight is 224 g/mol. The summed E-state index contributed by atoms with van der Waals surface area (Å²) in [4.78, 5) is 14.1. The third-order valence-corrected chi connectivity index (χ3v) is 4.11. The first kappa shape index (κ1) is 11.9. The van der Waals surface area contributed by atoms with Crippen molar-refractivity contribution in [1.82, 2.24) is 10.2 Å². The van der Waals surface area contributed by atoms with Gasteiger partial charge in [0.05, 0.1) is 6.04 Å². The van der Waals surface area contributed by atoms with Crippen LogP contribution in [0.2, 0.25) is 0 Å². The highest BCUT2D eigenvalue weighted by Gasteiger charge is 2.27. The van der Waals surface area contributed by atoms with E-state index >= 15 is 0 Å². The lowest BCUT2D eigenvalue weighted by Gasteiger charge is -2.24. The summed E-state index contributed by atoms with van der Waals surface area (Å²) >= 11 is 0. The van der Waals surface area contributed by atoms with Gasteiger partial charge in [-0.25, -0.2) is 0 Å². The molecule has 16 heavy (non-hydrogen) atoms. The molecule has 0 aromatic carbocycles. The van der Waals surface area contributed by atoms with Crippen molar-refractivity contribution in [2.24, 2.45) is 5.92 Å². The molecule has 2 rings (SSSR count). The first-order valence-electron chi connectivity index (χ1n) is 6.75. The van der Waals surface area contributed by atoms with Crippen molar-refractivity contribution >= 4 is 5.91 Å². The Labute approximate surface area is 98.6 Å². The molecule has 0 radical (unpaired) electrons. The Morgan fingerprint density at radius 3 is 2.56 bits per heavy atom. The maximum atomic E-state index is 11.9. The van der Waals surface area contributed by atoms with Crippen molar-refractivity contribution < 1.29 is 4.79 Å². The van der Waals surface area contributed by atoms with Gasteiger partial charge in [0.2, 0.25) is 5.91 Å². The van der Waals surface area contributed by atoms with E-state index in [0.29, 0.717) is 0 Å². The van der Waals surface area contributed by atoms with Crippen molar-refractivity contribution in [2.75, 3.05) is 20.1 Å². The number of hydrogen-bond acceptors (Lipinski definition) is 2. The third kappa shape index (κ3) is 2.97. The fourth-order valence-electron chi connectivity index (χ4n) is 3.00. The van der Waals surface area contributed by atoms with Crippen LogP contribution in [0.1, 0.15) is 44.9 Å². The van der Waals surface area contributed by atoms with Crippen LogP contribution in [0, 0.1) is 5.92 Å². The van der Waals surface area contributed by atoms with Gasteiger partial charge in [0.15, 0.2) is 0 Å². The van der Waals surface area contributed by atoms with Gasteiger partial charge in [-0.3, -0.25) is 9.69 Å². The van der Waals surface area contributed by atoms with Crippen LogP contribution in [-0.2, 0) is 4.79 Å². The van der Waals surface area contributed by atoms with Crippen LogP contribution in [0.5, 0.6) is 0 Å². The first-order chi connectivity index (χ1) is 7.77. The molecule has 1 amide bonds. The molecule has 2 aliphatic rings. The smallest absolute Gasteiger partial charge is 0.237 e. The first-order valence-corrected chi connectivity index (χ1v) is 6.75. The normalized spacial score (nSPS) is 28.2. The Morgan fingerprint density at radius 1 is 1.19 bits per heavy atom. The molecule has 0 unspecified atom stereocenters. The third-order valence-electron chi connectivity index (χ3n) is 4.11. The molecule has 0 bridgehead atoms. The molecule has 92 valence electrons. The maximum absolute atomic E-state index is 11.9. The molecular weight excluding hydrogens is 200 g/mol. The van der Waals surface area contributed by atoms with Crippen LogP contribution in [0.15, 0.2) is 0 Å². The second-order valence-corrected chi connectivity index (χ2v) is 5.39. The second-order valence-electron chi connectivity index (χ2n) is 5.39. The quantitative estimate of drug-likeness (QED) is 0.792. The van der Waals surface area contributed by atoms with Gasteiger partial charge < -0.3 is 5.32 Å². The molecule has 3 nitrogen and oxygen atoms in total. The average Bonchev–Trinajstić information content (AvgIpc) is 2.74. The topological polar surface area (TPSA) is 32.3 Å². The molecule has 1 heterocycles. The van der Waals surface area contributed by atoms with Crippen LogP contribution in [-0.4, -0.2) is 37.0 Å². The van der Waals surface area contributed by atoms with E-state index in [-0.39, 0.29) is 11.9 Å². The van der Waals surface area contributed by atoms with Gasteiger partial charge in [-0.2, -0.15) is 0 Å². The molecule has 1 aliphatic heterocycles. The SMILES string of the molecule is CN1CCC[C@H]1C(=O)NCC1CCCCC1. The molecule has 0 aromatic heterocycles. The van der Waals surface area contributed by atoms with Crippen LogP contribution in [0.3, 0.4) is 0 Å². The number of carbonyl (C=O) groups excluding carboxylic acids is 1. The number of nitrogens with zero attached hydrogens (tertiary/aromatic N) is 1. The summed E-state index contributed by atoms with van der Waals surface area (Å²) in [5.74, 6) is 0.995. The molecule has 1 aliphatic carbocycles. The molecule has 1 saturated heterocycles. The number of amides is 1. The van der Waals surface area contributed by atoms with Crippen LogP contribution in [0.4, 0.5) is 0 Å². The van der Waals surface area contributed by atoms with E-state index in [1.165, 1.54) is 32.1 Å². The Balaban J connectivity index is 1.70. The molecule has 2 fully saturated rings. The molecule has 1 atom stereocenters. The van der Waals surface area contributed by atoms with Crippen LogP contribution < -0.4 is 5.32 Å². The van der Waals surface area contributed by atoms with Gasteiger partial charge in [-0.1, -0.05) is 19.3 Å². The summed E-state index contributed by atoms with van der Waals surface area (Å²) in [5, 5.41) is 3.14. The van der Waals surface area contributed by atoms with Gasteiger partial charge in [0.1, 0.15) is 0 Å². The Hall–Kier alpha value is -0.570. The van der Waals surface area contributed by atoms with E-state index in [4.69, 9.17) is 0 Å². The van der Waals surface area contributed by atoms with Crippen LogP contribution >= 0.6 is 0 Å². The van der Waals surface area contributed by atoms with Gasteiger partial charge in [-0.15, -0.1) is 0 Å². The number of likely N-dealkylation sites (N-methyl/N-ethyl adjacent to an activating group) is 1. The van der Waals surface area contributed by atoms with E-state index in [9.17, 15) is 4.79 Å². The Kier molecular flexibility index (Phi) is 4.22. The number of likely N-dealkylation sites (tertiary alicyclic amines) is 1. The van der Waals surface area contributed by atoms with E-state index in [1.807, 2.05) is 0 Å². The van der Waals surface area contributed by atoms with Gasteiger partial charge in [-0.05, 0) is 45.2 Å². The lowest BCUT2D eigenvalue weighted by atomic mass is 9.89. The lowest BCUT2D eigenvalue weighted by molar-refractivity contribution is -0.125. The summed E-state index contributed by atoms with van der Waals surface area (Å²) in [7, 11) is 2.05. The largest absolute Gasteiger partial charge is 0.354 e. The summed E-state index contributed by atoms with van der Waals surface area (Å²) in [5.41, 5.74) is 0. The minimum Gasteiger partial charge on any atom is -0.354 e. The predicted octanol–water partition coefficient (Wildman–Crippen LogP) is 1.78. The van der Waals surface area contributed by atoms with Crippen molar-refractivity contribution in [3.8, 4) is 0 Å². The van der Waals surface area contributed by atoms with E-state index in [2.05, 4.69) is 17.3 Å². The molecular formula is C13H24N2O. The molecule has 1 N–H and O–H groups in total.